The van der Waals surface area contributed by atoms with E-state index in [0.29, 0.717) is 60.5 Å². The summed E-state index contributed by atoms with van der Waals surface area (Å²) in [6.07, 6.45) is 5.53. The van der Waals surface area contributed by atoms with Crippen LogP contribution in [0.2, 0.25) is 0 Å². The van der Waals surface area contributed by atoms with Gasteiger partial charge in [-0.1, -0.05) is 53.9 Å². The molecular formula is C40H62N6O9S. The van der Waals surface area contributed by atoms with Crippen molar-refractivity contribution in [2.75, 3.05) is 13.7 Å². The van der Waals surface area contributed by atoms with Crippen molar-refractivity contribution in [3.8, 4) is 11.6 Å². The third kappa shape index (κ3) is 8.12. The Morgan fingerprint density at radius 2 is 1.80 bits per heavy atom. The Bertz CT molecular complexity index is 2000. The number of nitrogens with one attached hydrogen (secondary N) is 3. The van der Waals surface area contributed by atoms with Gasteiger partial charge in [-0.25, -0.2) is 23.2 Å². The van der Waals surface area contributed by atoms with E-state index >= 15 is 0 Å². The number of carbonyl (C=O) groups excluding carboxylic acids is 4. The first kappa shape index (κ1) is 40.0. The van der Waals surface area contributed by atoms with Gasteiger partial charge in [-0.05, 0) is 80.8 Å². The minimum atomic E-state index is -3.88. The second-order valence-electron chi connectivity index (χ2n) is 17.4. The normalized spacial score (nSPS) is 31.0. The fourth-order valence-electron chi connectivity index (χ4n) is 8.57. The number of hydrogen-bond acceptors (Lipinski definition) is 11. The van der Waals surface area contributed by atoms with E-state index in [2.05, 4.69) is 15.4 Å². The van der Waals surface area contributed by atoms with Crippen molar-refractivity contribution in [1.29, 1.82) is 0 Å². The zero-order chi connectivity index (χ0) is 40.2. The second-order valence-corrected chi connectivity index (χ2v) is 19.4. The Morgan fingerprint density at radius 1 is 1.04 bits per heavy atom. The molecule has 1 aromatic heterocycles. The van der Waals surface area contributed by atoms with Crippen LogP contribution in [0.1, 0.15) is 109 Å². The lowest BCUT2D eigenvalue weighted by atomic mass is 9.85. The van der Waals surface area contributed by atoms with Crippen LogP contribution < -0.4 is 24.8 Å². The summed E-state index contributed by atoms with van der Waals surface area (Å²) in [5.41, 5.74) is -0.310. The molecule has 4 amide bonds. The number of rotatable bonds is 8. The van der Waals surface area contributed by atoms with Gasteiger partial charge < -0.3 is 29.7 Å². The van der Waals surface area contributed by atoms with E-state index in [9.17, 15) is 27.6 Å². The van der Waals surface area contributed by atoms with E-state index in [1.165, 1.54) is 4.90 Å². The van der Waals surface area contributed by atoms with E-state index in [4.69, 9.17) is 24.2 Å². The van der Waals surface area contributed by atoms with Crippen molar-refractivity contribution in [3.63, 3.8) is 0 Å². The van der Waals surface area contributed by atoms with Crippen LogP contribution in [-0.2, 0) is 35.6 Å². The van der Waals surface area contributed by atoms with Gasteiger partial charge in [0.05, 0.1) is 29.9 Å². The predicted octanol–water partition coefficient (Wildman–Crippen LogP) is 4.90. The number of nitrogens with zero attached hydrogens (tertiary/aromatic N) is 3. The Kier molecular flexibility index (Phi) is 10.9. The summed E-state index contributed by atoms with van der Waals surface area (Å²) in [5, 5.41) is 5.16. The number of sulfonamides is 1. The Hall–Kier alpha value is -4.21. The van der Waals surface area contributed by atoms with E-state index in [1.807, 2.05) is 46.8 Å². The molecule has 3 aliphatic carbocycles. The first-order valence-electron chi connectivity index (χ1n) is 20.3. The lowest BCUT2D eigenvalue weighted by Gasteiger charge is -2.36. The lowest BCUT2D eigenvalue weighted by Crippen LogP contribution is -2.61. The second kappa shape index (κ2) is 15.3. The Balaban J connectivity index is 0.00000256. The fraction of sp³-hybridized carbons (Fsp3) is 0.700. The molecule has 3 heterocycles. The number of methoxy groups -OCH3 is 1. The minimum Gasteiger partial charge on any atom is -0.497 e. The largest absolute Gasteiger partial charge is 0.497 e. The fourth-order valence-corrected chi connectivity index (χ4v) is 9.93. The maximum atomic E-state index is 14.9. The Morgan fingerprint density at radius 3 is 2.46 bits per heavy atom. The number of aryl methyl sites for hydroxylation is 1. The highest BCUT2D eigenvalue weighted by molar-refractivity contribution is 7.91. The van der Waals surface area contributed by atoms with Crippen molar-refractivity contribution in [3.05, 3.63) is 23.9 Å². The van der Waals surface area contributed by atoms with E-state index in [1.54, 1.807) is 13.2 Å². The summed E-state index contributed by atoms with van der Waals surface area (Å²) < 4.78 is 46.0. The van der Waals surface area contributed by atoms with Crippen LogP contribution in [-0.4, -0.2) is 95.8 Å². The maximum absolute atomic E-state index is 14.9. The van der Waals surface area contributed by atoms with Gasteiger partial charge in [0.2, 0.25) is 27.7 Å². The number of fused-ring (bicyclic) bond motifs is 5. The molecule has 1 saturated heterocycles. The molecule has 3 saturated carbocycles. The van der Waals surface area contributed by atoms with Gasteiger partial charge in [0.1, 0.15) is 41.3 Å². The van der Waals surface area contributed by atoms with Crippen LogP contribution in [0.15, 0.2) is 18.2 Å². The molecule has 8 atom stereocenters. The van der Waals surface area contributed by atoms with E-state index in [-0.39, 0.29) is 35.2 Å². The average Bonchev–Trinajstić information content (AvgIpc) is 4.07. The van der Waals surface area contributed by atoms with Gasteiger partial charge in [-0.3, -0.25) is 19.1 Å². The molecule has 56 heavy (non-hydrogen) atoms. The van der Waals surface area contributed by atoms with Crippen molar-refractivity contribution in [2.45, 2.75) is 140 Å². The summed E-state index contributed by atoms with van der Waals surface area (Å²) in [7, 11) is -2.30. The van der Waals surface area contributed by atoms with Crippen molar-refractivity contribution < 1.29 is 46.1 Å². The smallest absolute Gasteiger partial charge is 0.408 e. The standard InChI is InChI=1S/C40H56N6O9S.3H2/c1-7-23-20-40(23,37(49)45-56(51,52)25-15-16-25)44-34(47)32-26(8-2)31-21-46(32)36(48)33(39(3,4)5)43-38(50)55-30-18-22(30)12-10-9-11-13-28-35(54-31)42-29-19-24(53-6)14-17-27(29)41-28;;;/h14,17,19,22-23,25-26,30-33H,7-13,15-16,18,20-21H2,1-6H3,(H,43,50)(H,44,47)(H,45,49);3*1H/t22-,23-,26-,30-,31+,32+,33-,40-;;;/m1.../s1. The quantitative estimate of drug-likeness (QED) is 0.329. The van der Waals surface area contributed by atoms with Crippen LogP contribution in [0.25, 0.3) is 11.0 Å². The third-order valence-corrected chi connectivity index (χ3v) is 14.1. The summed E-state index contributed by atoms with van der Waals surface area (Å²) in [5.74, 6) is -1.55. The number of benzene rings is 1. The average molecular weight is 803 g/mol. The molecule has 5 aliphatic rings. The molecule has 2 aromatic rings. The topological polar surface area (TPSA) is 195 Å². The van der Waals surface area contributed by atoms with Crippen molar-refractivity contribution in [1.82, 2.24) is 30.2 Å². The molecule has 3 N–H and O–H groups in total. The highest BCUT2D eigenvalue weighted by atomic mass is 32.2. The molecule has 2 aliphatic heterocycles. The van der Waals surface area contributed by atoms with Gasteiger partial charge in [-0.15, -0.1) is 0 Å². The maximum Gasteiger partial charge on any atom is 0.408 e. The molecule has 0 radical (unpaired) electrons. The van der Waals surface area contributed by atoms with Crippen LogP contribution in [0, 0.1) is 23.2 Å². The number of amides is 4. The number of ether oxygens (including phenoxy) is 3. The van der Waals surface area contributed by atoms with Crippen LogP contribution in [0.3, 0.4) is 0 Å². The van der Waals surface area contributed by atoms with Crippen molar-refractivity contribution >= 4 is 44.9 Å². The number of aromatic nitrogens is 2. The highest BCUT2D eigenvalue weighted by Gasteiger charge is 2.63. The number of hydrogen-bond donors (Lipinski definition) is 3. The zero-order valence-electron chi connectivity index (χ0n) is 33.3. The zero-order valence-corrected chi connectivity index (χ0v) is 34.1. The molecule has 0 unspecified atom stereocenters. The summed E-state index contributed by atoms with van der Waals surface area (Å²) in [4.78, 5) is 68.0. The third-order valence-electron chi connectivity index (χ3n) is 12.3. The summed E-state index contributed by atoms with van der Waals surface area (Å²) >= 11 is 0. The van der Waals surface area contributed by atoms with Gasteiger partial charge in [0, 0.05) is 16.3 Å². The summed E-state index contributed by atoms with van der Waals surface area (Å²) in [6, 6.07) is 3.27. The molecule has 2 bridgehead atoms. The molecule has 7 rings (SSSR count). The van der Waals surface area contributed by atoms with Crippen molar-refractivity contribution in [2.24, 2.45) is 23.2 Å². The van der Waals surface area contributed by atoms with Gasteiger partial charge in [0.15, 0.2) is 0 Å². The minimum absolute atomic E-state index is 0. The molecule has 4 fully saturated rings. The summed E-state index contributed by atoms with van der Waals surface area (Å²) in [6.45, 7) is 9.26. The van der Waals surface area contributed by atoms with Crippen LogP contribution in [0.5, 0.6) is 11.6 Å². The number of carbonyl (C=O) groups is 4. The lowest BCUT2D eigenvalue weighted by molar-refractivity contribution is -0.143. The first-order chi connectivity index (χ1) is 26.6. The Labute approximate surface area is 333 Å². The first-order valence-corrected chi connectivity index (χ1v) is 21.8. The number of alkyl carbamates (subject to hydrolysis) is 1. The molecule has 0 spiro atoms. The van der Waals surface area contributed by atoms with Crippen LogP contribution in [0.4, 0.5) is 4.79 Å². The monoisotopic (exact) mass is 802 g/mol. The van der Waals surface area contributed by atoms with Gasteiger partial charge >= 0.3 is 6.09 Å². The molecule has 16 heteroatoms. The molecule has 312 valence electrons. The SMILES string of the molecule is CC[C@@H]1[C@@H]2CN(C(=O)[C@H](C(C)(C)C)NC(=O)O[C@@H]3C[C@H]3CCCCCc3nc4ccc(OC)cc4nc3O2)[C@@H]1C(=O)N[C@]1(C(=O)NS(=O)(=O)C2CC2)C[C@H]1CC.[HH].[HH].[HH]. The molecule has 15 nitrogen and oxygen atoms in total. The highest BCUT2D eigenvalue weighted by Crippen LogP contribution is 2.47. The van der Waals surface area contributed by atoms with Gasteiger partial charge in [0.25, 0.3) is 5.91 Å². The molecular weight excluding hydrogens is 741 g/mol. The van der Waals surface area contributed by atoms with Gasteiger partial charge in [-0.2, -0.15) is 0 Å². The predicted molar refractivity (Wildman–Crippen MR) is 212 cm³/mol. The van der Waals surface area contributed by atoms with E-state index in [0.717, 1.165) is 32.1 Å². The molecule has 1 aromatic carbocycles. The van der Waals surface area contributed by atoms with Crippen LogP contribution >= 0.6 is 0 Å². The van der Waals surface area contributed by atoms with E-state index < -0.39 is 74.1 Å².